The molecule has 0 saturated heterocycles. The van der Waals surface area contributed by atoms with E-state index in [0.29, 0.717) is 25.0 Å². The van der Waals surface area contributed by atoms with Crippen LogP contribution in [0.25, 0.3) is 11.3 Å². The van der Waals surface area contributed by atoms with Gasteiger partial charge in [0.15, 0.2) is 0 Å². The number of aromatic nitrogens is 1. The fourth-order valence-electron chi connectivity index (χ4n) is 8.42. The molecule has 2 aromatic rings. The number of carbonyl (C=O) groups is 3. The molecule has 3 aliphatic rings. The van der Waals surface area contributed by atoms with E-state index in [0.717, 1.165) is 0 Å². The fraction of sp³-hybridized carbons (Fsp3) is 0.629. The van der Waals surface area contributed by atoms with E-state index in [2.05, 4.69) is 4.98 Å². The molecule has 49 heavy (non-hydrogen) atoms. The Morgan fingerprint density at radius 3 is 2.51 bits per heavy atom. The van der Waals surface area contributed by atoms with Crippen LogP contribution >= 0.6 is 0 Å². The topological polar surface area (TPSA) is 179 Å². The average molecular weight is 688 g/mol. The van der Waals surface area contributed by atoms with Gasteiger partial charge in [-0.1, -0.05) is 13.8 Å². The van der Waals surface area contributed by atoms with Gasteiger partial charge in [-0.25, -0.2) is 9.59 Å². The number of fused-ring (bicyclic) bond motifs is 4. The molecule has 2 aliphatic carbocycles. The van der Waals surface area contributed by atoms with Crippen LogP contribution in [-0.2, 0) is 42.8 Å². The molecule has 2 fully saturated rings. The monoisotopic (exact) mass is 687 g/mol. The maximum Gasteiger partial charge on any atom is 0.345 e. The third-order valence-corrected chi connectivity index (χ3v) is 10.5. The maximum atomic E-state index is 13.6. The number of hydrogen-bond donors (Lipinski definition) is 1. The molecule has 0 bridgehead atoms. The van der Waals surface area contributed by atoms with Gasteiger partial charge in [0.25, 0.3) is 0 Å². The van der Waals surface area contributed by atoms with E-state index >= 15 is 0 Å². The lowest BCUT2D eigenvalue weighted by Gasteiger charge is -2.66. The van der Waals surface area contributed by atoms with Crippen LogP contribution in [-0.4, -0.2) is 86.1 Å². The van der Waals surface area contributed by atoms with Gasteiger partial charge < -0.3 is 42.7 Å². The van der Waals surface area contributed by atoms with Gasteiger partial charge >= 0.3 is 23.5 Å². The second kappa shape index (κ2) is 14.6. The fourth-order valence-corrected chi connectivity index (χ4v) is 8.42. The van der Waals surface area contributed by atoms with Crippen molar-refractivity contribution in [3.05, 3.63) is 46.6 Å². The summed E-state index contributed by atoms with van der Waals surface area (Å²) in [6.07, 6.45) is 1.09. The Balaban J connectivity index is 1.57. The van der Waals surface area contributed by atoms with E-state index in [1.807, 2.05) is 13.8 Å². The number of rotatable bonds is 12. The Bertz CT molecular complexity index is 1580. The Hall–Kier alpha value is -3.85. The zero-order valence-corrected chi connectivity index (χ0v) is 28.7. The lowest BCUT2D eigenvalue weighted by molar-refractivity contribution is -0.272. The highest BCUT2D eigenvalue weighted by Gasteiger charge is 2.71. The van der Waals surface area contributed by atoms with E-state index in [1.165, 1.54) is 33.2 Å². The number of ether oxygens (including phenoxy) is 7. The number of methoxy groups -OCH3 is 1. The largest absolute Gasteiger partial charge is 0.482 e. The molecular weight excluding hydrogens is 642 g/mol. The molecule has 8 atom stereocenters. The number of carbonyl (C=O) groups excluding carboxylic acids is 3. The molecule has 1 N–H and O–H groups in total. The van der Waals surface area contributed by atoms with Gasteiger partial charge in [-0.3, -0.25) is 14.6 Å². The van der Waals surface area contributed by atoms with Crippen molar-refractivity contribution in [2.75, 3.05) is 40.3 Å². The highest BCUT2D eigenvalue weighted by atomic mass is 16.7. The Kier molecular flexibility index (Phi) is 10.8. The normalized spacial score (nSPS) is 31.7. The van der Waals surface area contributed by atoms with Crippen LogP contribution in [0.4, 0.5) is 0 Å². The molecule has 3 unspecified atom stereocenters. The molecule has 1 aliphatic heterocycles. The number of pyridine rings is 1. The molecule has 0 radical (unpaired) electrons. The number of aliphatic hydroxyl groups is 1. The van der Waals surface area contributed by atoms with Crippen molar-refractivity contribution in [2.45, 2.75) is 77.8 Å². The summed E-state index contributed by atoms with van der Waals surface area (Å²) in [6.45, 7) is 8.17. The summed E-state index contributed by atoms with van der Waals surface area (Å²) in [4.78, 5) is 55.4. The summed E-state index contributed by atoms with van der Waals surface area (Å²) in [5, 5.41) is 12.2. The van der Waals surface area contributed by atoms with Gasteiger partial charge in [0.1, 0.15) is 54.9 Å². The number of nitrogens with zero attached hydrogens (tertiary/aromatic N) is 1. The predicted molar refractivity (Wildman–Crippen MR) is 170 cm³/mol. The van der Waals surface area contributed by atoms with Gasteiger partial charge in [-0.2, -0.15) is 0 Å². The molecule has 0 spiro atoms. The van der Waals surface area contributed by atoms with Crippen LogP contribution in [0.1, 0.15) is 65.5 Å². The van der Waals surface area contributed by atoms with E-state index < -0.39 is 76.7 Å². The van der Waals surface area contributed by atoms with Crippen molar-refractivity contribution in [2.24, 2.45) is 22.7 Å². The summed E-state index contributed by atoms with van der Waals surface area (Å²) < 4.78 is 45.5. The first kappa shape index (κ1) is 36.4. The molecule has 268 valence electrons. The average Bonchev–Trinajstić information content (AvgIpc) is 3.04. The summed E-state index contributed by atoms with van der Waals surface area (Å²) in [6, 6.07) is 4.96. The zero-order chi connectivity index (χ0) is 35.6. The molecular formula is C35H45NO13. The Morgan fingerprint density at radius 2 is 1.84 bits per heavy atom. The van der Waals surface area contributed by atoms with Crippen molar-refractivity contribution in [3.8, 4) is 17.1 Å². The lowest BCUT2D eigenvalue weighted by atomic mass is 9.42. The lowest BCUT2D eigenvalue weighted by Crippen LogP contribution is -2.71. The highest BCUT2D eigenvalue weighted by molar-refractivity contribution is 5.71. The molecule has 2 aromatic heterocycles. The van der Waals surface area contributed by atoms with Crippen molar-refractivity contribution in [3.63, 3.8) is 0 Å². The van der Waals surface area contributed by atoms with Gasteiger partial charge in [0.05, 0.1) is 19.3 Å². The van der Waals surface area contributed by atoms with Gasteiger partial charge in [-0.05, 0) is 49.7 Å². The highest BCUT2D eigenvalue weighted by Crippen LogP contribution is 2.67. The molecule has 2 saturated carbocycles. The Morgan fingerprint density at radius 1 is 1.06 bits per heavy atom. The minimum atomic E-state index is -1.41. The summed E-state index contributed by atoms with van der Waals surface area (Å²) in [7, 11) is 1.54. The SMILES string of the molecule is COCCOCOCC(=O)O[C@H]1CC2C(C)(COC(C)=O)[C@@H](OC(C)=O)CC[C@]2(C)C2[C@@H](O)c3c(cc(-c4cccnc4)oc3=O)O[C@@]21C. The van der Waals surface area contributed by atoms with E-state index in [-0.39, 0.29) is 43.5 Å². The third-order valence-electron chi connectivity index (χ3n) is 10.5. The van der Waals surface area contributed by atoms with Crippen LogP contribution in [0, 0.1) is 22.7 Å². The second-order valence-electron chi connectivity index (χ2n) is 13.7. The standard InChI is InChI=1S/C35H45NO13/c1-20(37)45-18-34(4)25-15-27(48-28(39)17-44-19-43-13-12-42-6)35(5)31(33(25,3)10-9-26(34)46-21(2)38)30(40)29-24(49-35)14-23(47-32(29)41)22-8-7-11-36-16-22/h7-8,11,14,16,25-27,30-31,40H,9-10,12-13,15,17-19H2,1-6H3/t25?,26-,27-,30-,31?,33-,34?,35+/m0/s1. The number of hydrogen-bond acceptors (Lipinski definition) is 14. The van der Waals surface area contributed by atoms with Crippen LogP contribution < -0.4 is 10.4 Å². The van der Waals surface area contributed by atoms with Crippen molar-refractivity contribution in [1.29, 1.82) is 0 Å². The van der Waals surface area contributed by atoms with Crippen molar-refractivity contribution in [1.82, 2.24) is 4.98 Å². The van der Waals surface area contributed by atoms with Crippen molar-refractivity contribution >= 4 is 17.9 Å². The first-order valence-corrected chi connectivity index (χ1v) is 16.3. The number of esters is 3. The van der Waals surface area contributed by atoms with E-state index in [4.69, 9.17) is 37.6 Å². The van der Waals surface area contributed by atoms with E-state index in [1.54, 1.807) is 25.3 Å². The minimum absolute atomic E-state index is 0.0533. The van der Waals surface area contributed by atoms with Crippen molar-refractivity contribution < 1.29 is 57.1 Å². The zero-order valence-electron chi connectivity index (χ0n) is 28.7. The smallest absolute Gasteiger partial charge is 0.345 e. The molecule has 0 aromatic carbocycles. The minimum Gasteiger partial charge on any atom is -0.482 e. The van der Waals surface area contributed by atoms with Gasteiger partial charge in [0.2, 0.25) is 0 Å². The summed E-state index contributed by atoms with van der Waals surface area (Å²) in [5.41, 5.74) is -3.44. The summed E-state index contributed by atoms with van der Waals surface area (Å²) >= 11 is 0. The second-order valence-corrected chi connectivity index (χ2v) is 13.7. The van der Waals surface area contributed by atoms with Crippen LogP contribution in [0.15, 0.2) is 39.8 Å². The molecule has 0 amide bonds. The van der Waals surface area contributed by atoms with Gasteiger partial charge in [-0.15, -0.1) is 0 Å². The number of aliphatic hydroxyl groups excluding tert-OH is 1. The quantitative estimate of drug-likeness (QED) is 0.149. The first-order valence-electron chi connectivity index (χ1n) is 16.3. The first-order chi connectivity index (χ1) is 23.2. The van der Waals surface area contributed by atoms with Crippen LogP contribution in [0.3, 0.4) is 0 Å². The predicted octanol–water partition coefficient (Wildman–Crippen LogP) is 3.37. The maximum absolute atomic E-state index is 13.6. The van der Waals surface area contributed by atoms with Gasteiger partial charge in [0, 0.05) is 56.3 Å². The molecule has 14 heteroatoms. The Labute approximate surface area is 284 Å². The molecule has 14 nitrogen and oxygen atoms in total. The molecule has 3 heterocycles. The summed E-state index contributed by atoms with van der Waals surface area (Å²) in [5.74, 6) is -2.71. The van der Waals surface area contributed by atoms with Crippen LogP contribution in [0.2, 0.25) is 0 Å². The van der Waals surface area contributed by atoms with Crippen LogP contribution in [0.5, 0.6) is 5.75 Å². The van der Waals surface area contributed by atoms with E-state index in [9.17, 15) is 24.3 Å². The molecule has 5 rings (SSSR count). The third kappa shape index (κ3) is 7.09.